The number of ether oxygens (including phenoxy) is 3. The molecular formula is C23H17FO4. The van der Waals surface area contributed by atoms with Crippen molar-refractivity contribution in [1.29, 1.82) is 0 Å². The van der Waals surface area contributed by atoms with Gasteiger partial charge in [0.25, 0.3) is 0 Å². The molecule has 3 aromatic rings. The first-order valence-electron chi connectivity index (χ1n) is 8.73. The Kier molecular flexibility index (Phi) is 4.81. The summed E-state index contributed by atoms with van der Waals surface area (Å²) in [4.78, 5) is 12.5. The molecule has 0 amide bonds. The van der Waals surface area contributed by atoms with Crippen molar-refractivity contribution in [2.75, 3.05) is 7.11 Å². The maximum atomic E-state index is 13.8. The van der Waals surface area contributed by atoms with Crippen LogP contribution in [0.4, 0.5) is 4.39 Å². The normalized spacial score (nSPS) is 13.9. The van der Waals surface area contributed by atoms with E-state index < -0.39 is 5.82 Å². The summed E-state index contributed by atoms with van der Waals surface area (Å²) in [5.41, 5.74) is 1.63. The molecule has 0 atom stereocenters. The van der Waals surface area contributed by atoms with Crippen LogP contribution in [0.15, 0.2) is 72.5 Å². The van der Waals surface area contributed by atoms with E-state index in [1.165, 1.54) is 12.1 Å². The average Bonchev–Trinajstić information content (AvgIpc) is 3.03. The quantitative estimate of drug-likeness (QED) is 0.586. The van der Waals surface area contributed by atoms with Crippen molar-refractivity contribution in [3.8, 4) is 17.2 Å². The minimum absolute atomic E-state index is 0.0852. The topological polar surface area (TPSA) is 44.8 Å². The Morgan fingerprint density at radius 1 is 1.04 bits per heavy atom. The highest BCUT2D eigenvalue weighted by molar-refractivity contribution is 6.14. The van der Waals surface area contributed by atoms with Crippen molar-refractivity contribution in [3.63, 3.8) is 0 Å². The van der Waals surface area contributed by atoms with Gasteiger partial charge in [-0.05, 0) is 30.3 Å². The molecule has 4 rings (SSSR count). The number of fused-ring (bicyclic) bond motifs is 1. The van der Waals surface area contributed by atoms with Crippen LogP contribution in [-0.2, 0) is 6.61 Å². The summed E-state index contributed by atoms with van der Waals surface area (Å²) in [6.07, 6.45) is 1.41. The summed E-state index contributed by atoms with van der Waals surface area (Å²) < 4.78 is 30.6. The number of hydrogen-bond acceptors (Lipinski definition) is 4. The Balaban J connectivity index is 1.53. The van der Waals surface area contributed by atoms with Crippen LogP contribution < -0.4 is 14.2 Å². The lowest BCUT2D eigenvalue weighted by molar-refractivity contribution is 0.101. The van der Waals surface area contributed by atoms with E-state index in [-0.39, 0.29) is 11.5 Å². The minimum Gasteiger partial charge on any atom is -0.496 e. The third kappa shape index (κ3) is 3.47. The van der Waals surface area contributed by atoms with Crippen molar-refractivity contribution in [1.82, 2.24) is 0 Å². The number of benzene rings is 3. The lowest BCUT2D eigenvalue weighted by Gasteiger charge is -2.10. The summed E-state index contributed by atoms with van der Waals surface area (Å²) in [5, 5.41) is 0. The Morgan fingerprint density at radius 2 is 1.82 bits per heavy atom. The van der Waals surface area contributed by atoms with Crippen LogP contribution in [0.1, 0.15) is 21.5 Å². The number of allylic oxidation sites excluding steroid dienone is 1. The molecule has 140 valence electrons. The number of halogens is 1. The van der Waals surface area contributed by atoms with Gasteiger partial charge in [0.05, 0.1) is 12.7 Å². The zero-order valence-electron chi connectivity index (χ0n) is 15.1. The van der Waals surface area contributed by atoms with E-state index in [9.17, 15) is 9.18 Å². The van der Waals surface area contributed by atoms with Crippen molar-refractivity contribution < 1.29 is 23.4 Å². The molecule has 0 N–H and O–H groups in total. The molecule has 0 fully saturated rings. The molecule has 0 aromatic heterocycles. The van der Waals surface area contributed by atoms with E-state index in [2.05, 4.69) is 0 Å². The van der Waals surface area contributed by atoms with Gasteiger partial charge in [-0.15, -0.1) is 0 Å². The largest absolute Gasteiger partial charge is 0.496 e. The number of rotatable bonds is 5. The van der Waals surface area contributed by atoms with Gasteiger partial charge in [0, 0.05) is 17.2 Å². The van der Waals surface area contributed by atoms with E-state index in [0.717, 1.165) is 11.3 Å². The average molecular weight is 376 g/mol. The van der Waals surface area contributed by atoms with Gasteiger partial charge in [0.15, 0.2) is 5.76 Å². The monoisotopic (exact) mass is 376 g/mol. The van der Waals surface area contributed by atoms with E-state index >= 15 is 0 Å². The number of para-hydroxylation sites is 1. The second kappa shape index (κ2) is 7.56. The van der Waals surface area contributed by atoms with E-state index in [0.29, 0.717) is 29.2 Å². The van der Waals surface area contributed by atoms with E-state index in [1.54, 1.807) is 43.5 Å². The summed E-state index contributed by atoms with van der Waals surface area (Å²) in [6.45, 7) is 0.314. The van der Waals surface area contributed by atoms with Crippen LogP contribution in [0.3, 0.4) is 0 Å². The summed E-state index contributed by atoms with van der Waals surface area (Å²) in [7, 11) is 1.61. The standard InChI is InChI=1S/C23H17FO4/c1-26-20-9-5-3-7-16(20)14-27-17-10-11-18-21(13-17)28-22(23(18)25)12-15-6-2-4-8-19(15)24/h2-13H,14H2,1H3/b22-12-. The first-order valence-corrected chi connectivity index (χ1v) is 8.73. The van der Waals surface area contributed by atoms with Crippen molar-refractivity contribution in [2.45, 2.75) is 6.61 Å². The van der Waals surface area contributed by atoms with E-state index in [1.807, 2.05) is 24.3 Å². The van der Waals surface area contributed by atoms with Gasteiger partial charge in [-0.2, -0.15) is 0 Å². The van der Waals surface area contributed by atoms with Gasteiger partial charge >= 0.3 is 0 Å². The molecule has 0 saturated carbocycles. The predicted octanol–water partition coefficient (Wildman–Crippen LogP) is 5.03. The zero-order valence-corrected chi connectivity index (χ0v) is 15.1. The van der Waals surface area contributed by atoms with Gasteiger partial charge in [-0.1, -0.05) is 36.4 Å². The van der Waals surface area contributed by atoms with Crippen molar-refractivity contribution in [3.05, 3.63) is 95.0 Å². The molecule has 0 radical (unpaired) electrons. The van der Waals surface area contributed by atoms with Gasteiger partial charge in [0.2, 0.25) is 5.78 Å². The third-order valence-corrected chi connectivity index (χ3v) is 4.42. The molecule has 1 aliphatic heterocycles. The molecule has 1 aliphatic rings. The molecule has 0 bridgehead atoms. The van der Waals surface area contributed by atoms with Crippen LogP contribution in [0, 0.1) is 5.82 Å². The van der Waals surface area contributed by atoms with Crippen molar-refractivity contribution >= 4 is 11.9 Å². The maximum Gasteiger partial charge on any atom is 0.231 e. The third-order valence-electron chi connectivity index (χ3n) is 4.42. The number of Topliss-reactive ketones (excluding diaryl/α,β-unsaturated/α-hetero) is 1. The number of methoxy groups -OCH3 is 1. The molecule has 3 aromatic carbocycles. The van der Waals surface area contributed by atoms with E-state index in [4.69, 9.17) is 14.2 Å². The smallest absolute Gasteiger partial charge is 0.231 e. The Bertz CT molecular complexity index is 1070. The zero-order chi connectivity index (χ0) is 19.5. The number of ketones is 1. The summed E-state index contributed by atoms with van der Waals surface area (Å²) in [5.74, 6) is 1.08. The second-order valence-corrected chi connectivity index (χ2v) is 6.22. The molecule has 28 heavy (non-hydrogen) atoms. The minimum atomic E-state index is -0.414. The van der Waals surface area contributed by atoms with Crippen LogP contribution in [0.5, 0.6) is 17.2 Å². The fraction of sp³-hybridized carbons (Fsp3) is 0.0870. The molecule has 0 aliphatic carbocycles. The van der Waals surface area contributed by atoms with Gasteiger partial charge in [-0.3, -0.25) is 4.79 Å². The maximum absolute atomic E-state index is 13.8. The predicted molar refractivity (Wildman–Crippen MR) is 103 cm³/mol. The first-order chi connectivity index (χ1) is 13.7. The first kappa shape index (κ1) is 17.8. The Labute approximate surface area is 161 Å². The molecule has 5 heteroatoms. The number of carbonyl (C=O) groups excluding carboxylic acids is 1. The van der Waals surface area contributed by atoms with Gasteiger partial charge < -0.3 is 14.2 Å². The summed E-state index contributed by atoms with van der Waals surface area (Å²) in [6, 6.07) is 18.8. The van der Waals surface area contributed by atoms with Gasteiger partial charge in [0.1, 0.15) is 29.7 Å². The highest BCUT2D eigenvalue weighted by atomic mass is 19.1. The molecule has 1 heterocycles. The molecule has 0 saturated heterocycles. The van der Waals surface area contributed by atoms with Crippen molar-refractivity contribution in [2.24, 2.45) is 0 Å². The lowest BCUT2D eigenvalue weighted by atomic mass is 10.1. The van der Waals surface area contributed by atoms with Crippen LogP contribution in [0.2, 0.25) is 0 Å². The highest BCUT2D eigenvalue weighted by Crippen LogP contribution is 2.35. The Hall–Kier alpha value is -3.60. The van der Waals surface area contributed by atoms with Crippen LogP contribution >= 0.6 is 0 Å². The molecule has 0 unspecified atom stereocenters. The van der Waals surface area contributed by atoms with Crippen LogP contribution in [-0.4, -0.2) is 12.9 Å². The molecular weight excluding hydrogens is 359 g/mol. The fourth-order valence-electron chi connectivity index (χ4n) is 2.97. The van der Waals surface area contributed by atoms with Gasteiger partial charge in [-0.25, -0.2) is 4.39 Å². The fourth-order valence-corrected chi connectivity index (χ4v) is 2.97. The van der Waals surface area contributed by atoms with Crippen LogP contribution in [0.25, 0.3) is 6.08 Å². The second-order valence-electron chi connectivity index (χ2n) is 6.22. The highest BCUT2D eigenvalue weighted by Gasteiger charge is 2.28. The summed E-state index contributed by atoms with van der Waals surface area (Å²) >= 11 is 0. The molecule has 0 spiro atoms. The molecule has 4 nitrogen and oxygen atoms in total. The SMILES string of the molecule is COc1ccccc1COc1ccc2c(c1)O/C(=C\c1ccccc1F)C2=O. The number of carbonyl (C=O) groups is 1. The lowest BCUT2D eigenvalue weighted by Crippen LogP contribution is -1.99. The number of hydrogen-bond donors (Lipinski definition) is 0. The Morgan fingerprint density at radius 3 is 2.64 bits per heavy atom.